The highest BCUT2D eigenvalue weighted by Crippen LogP contribution is 2.23. The van der Waals surface area contributed by atoms with Gasteiger partial charge in [-0.1, -0.05) is 18.3 Å². The minimum Gasteiger partial charge on any atom is -0.388 e. The van der Waals surface area contributed by atoms with Crippen LogP contribution in [0.2, 0.25) is 0 Å². The van der Waals surface area contributed by atoms with Gasteiger partial charge in [-0.2, -0.15) is 13.2 Å². The van der Waals surface area contributed by atoms with Gasteiger partial charge in [0, 0.05) is 11.8 Å². The molecule has 0 bridgehead atoms. The summed E-state index contributed by atoms with van der Waals surface area (Å²) >= 11 is 4.74. The first-order valence-corrected chi connectivity index (χ1v) is 5.15. The van der Waals surface area contributed by atoms with E-state index in [1.54, 1.807) is 12.1 Å². The minimum atomic E-state index is -4.38. The lowest BCUT2D eigenvalue weighted by Crippen LogP contribution is -2.28. The van der Waals surface area contributed by atoms with E-state index in [9.17, 15) is 13.2 Å². The lowest BCUT2D eigenvalue weighted by atomic mass is 10.2. The molecule has 7 heteroatoms. The molecular formula is C10H11F3N2OS. The van der Waals surface area contributed by atoms with Crippen LogP contribution in [0, 0.1) is 0 Å². The van der Waals surface area contributed by atoms with Gasteiger partial charge in [-0.25, -0.2) is 0 Å². The van der Waals surface area contributed by atoms with Crippen LogP contribution >= 0.6 is 12.2 Å². The van der Waals surface area contributed by atoms with E-state index >= 15 is 0 Å². The van der Waals surface area contributed by atoms with Crippen LogP contribution in [0.3, 0.4) is 0 Å². The van der Waals surface area contributed by atoms with E-state index in [1.807, 2.05) is 0 Å². The largest absolute Gasteiger partial charge is 0.414 e. The molecule has 0 amide bonds. The van der Waals surface area contributed by atoms with Crippen molar-refractivity contribution in [2.45, 2.75) is 25.8 Å². The van der Waals surface area contributed by atoms with Gasteiger partial charge in [0.05, 0.1) is 6.61 Å². The number of hydrogen-bond donors (Lipinski definition) is 1. The molecule has 1 unspecified atom stereocenters. The molecule has 0 fully saturated rings. The summed E-state index contributed by atoms with van der Waals surface area (Å²) in [5.41, 5.74) is 6.13. The topological polar surface area (TPSA) is 48.1 Å². The van der Waals surface area contributed by atoms with Crippen molar-refractivity contribution in [1.82, 2.24) is 4.98 Å². The van der Waals surface area contributed by atoms with Gasteiger partial charge in [0.2, 0.25) is 0 Å². The lowest BCUT2D eigenvalue weighted by Gasteiger charge is -2.17. The fourth-order valence-electron chi connectivity index (χ4n) is 1.09. The van der Waals surface area contributed by atoms with Crippen LogP contribution in [-0.2, 0) is 11.3 Å². The highest BCUT2D eigenvalue weighted by molar-refractivity contribution is 7.80. The third kappa shape index (κ3) is 3.94. The smallest absolute Gasteiger partial charge is 0.388 e. The zero-order valence-corrected chi connectivity index (χ0v) is 9.81. The number of aromatic nitrogens is 1. The average molecular weight is 264 g/mol. The SMILES string of the molecule is CC(OCc1cccnc1C(N)=S)C(F)(F)F. The first-order chi connectivity index (χ1) is 7.82. The second-order valence-electron chi connectivity index (χ2n) is 3.37. The molecule has 0 aliphatic carbocycles. The first kappa shape index (κ1) is 13.9. The fraction of sp³-hybridized carbons (Fsp3) is 0.400. The number of hydrogen-bond acceptors (Lipinski definition) is 3. The Labute approximate surface area is 102 Å². The zero-order valence-electron chi connectivity index (χ0n) is 8.99. The molecule has 1 aromatic rings. The lowest BCUT2D eigenvalue weighted by molar-refractivity contribution is -0.217. The van der Waals surface area contributed by atoms with Crippen molar-refractivity contribution in [1.29, 1.82) is 0 Å². The van der Waals surface area contributed by atoms with Gasteiger partial charge < -0.3 is 10.5 Å². The standard InChI is InChI=1S/C10H11F3N2OS/c1-6(10(11,12)13)16-5-7-3-2-4-15-8(7)9(14)17/h2-4,6H,5H2,1H3,(H2,14,17). The van der Waals surface area contributed by atoms with Crippen molar-refractivity contribution < 1.29 is 17.9 Å². The van der Waals surface area contributed by atoms with Crippen LogP contribution in [0.25, 0.3) is 0 Å². The Morgan fingerprint density at radius 2 is 2.24 bits per heavy atom. The van der Waals surface area contributed by atoms with Crippen molar-refractivity contribution in [3.05, 3.63) is 29.6 Å². The number of ether oxygens (including phenoxy) is 1. The first-order valence-electron chi connectivity index (χ1n) is 4.74. The van der Waals surface area contributed by atoms with Crippen LogP contribution in [0.4, 0.5) is 13.2 Å². The molecular weight excluding hydrogens is 253 g/mol. The summed E-state index contributed by atoms with van der Waals surface area (Å²) in [5, 5.41) is 0. The molecule has 0 aliphatic rings. The number of alkyl halides is 3. The third-order valence-electron chi connectivity index (χ3n) is 2.07. The molecule has 1 aromatic heterocycles. The highest BCUT2D eigenvalue weighted by atomic mass is 32.1. The van der Waals surface area contributed by atoms with Crippen LogP contribution in [-0.4, -0.2) is 22.3 Å². The molecule has 1 rings (SSSR count). The maximum absolute atomic E-state index is 12.2. The average Bonchev–Trinajstić information content (AvgIpc) is 2.24. The number of pyridine rings is 1. The third-order valence-corrected chi connectivity index (χ3v) is 2.27. The molecule has 0 aliphatic heterocycles. The summed E-state index contributed by atoms with van der Waals surface area (Å²) in [6.07, 6.45) is -4.77. The van der Waals surface area contributed by atoms with Gasteiger partial charge >= 0.3 is 6.18 Å². The van der Waals surface area contributed by atoms with Gasteiger partial charge in [-0.3, -0.25) is 4.98 Å². The fourth-order valence-corrected chi connectivity index (χ4v) is 1.27. The summed E-state index contributed by atoms with van der Waals surface area (Å²) < 4.78 is 41.4. The molecule has 0 saturated carbocycles. The van der Waals surface area contributed by atoms with Crippen molar-refractivity contribution in [3.8, 4) is 0 Å². The van der Waals surface area contributed by atoms with E-state index in [4.69, 9.17) is 22.7 Å². The number of rotatable bonds is 4. The number of halogens is 3. The summed E-state index contributed by atoms with van der Waals surface area (Å²) in [6, 6.07) is 3.16. The van der Waals surface area contributed by atoms with Crippen molar-refractivity contribution in [3.63, 3.8) is 0 Å². The number of nitrogens with zero attached hydrogens (tertiary/aromatic N) is 1. The van der Waals surface area contributed by atoms with Crippen LogP contribution in [0.1, 0.15) is 18.2 Å². The summed E-state index contributed by atoms with van der Waals surface area (Å²) in [7, 11) is 0. The molecule has 1 heterocycles. The maximum atomic E-state index is 12.2. The van der Waals surface area contributed by atoms with E-state index < -0.39 is 12.3 Å². The highest BCUT2D eigenvalue weighted by Gasteiger charge is 2.36. The predicted octanol–water partition coefficient (Wildman–Crippen LogP) is 2.18. The Bertz CT molecular complexity index is 409. The van der Waals surface area contributed by atoms with Crippen molar-refractivity contribution in [2.75, 3.05) is 0 Å². The monoisotopic (exact) mass is 264 g/mol. The normalized spacial score (nSPS) is 13.4. The quantitative estimate of drug-likeness (QED) is 0.847. The van der Waals surface area contributed by atoms with Crippen molar-refractivity contribution in [2.24, 2.45) is 5.73 Å². The molecule has 0 spiro atoms. The Kier molecular flexibility index (Phi) is 4.41. The van der Waals surface area contributed by atoms with E-state index in [-0.39, 0.29) is 17.3 Å². The van der Waals surface area contributed by atoms with Gasteiger partial charge in [-0.15, -0.1) is 0 Å². The molecule has 0 saturated heterocycles. The zero-order chi connectivity index (χ0) is 13.1. The second-order valence-corrected chi connectivity index (χ2v) is 3.81. The Hall–Kier alpha value is -1.21. The van der Waals surface area contributed by atoms with E-state index in [0.717, 1.165) is 6.92 Å². The van der Waals surface area contributed by atoms with Crippen LogP contribution in [0.15, 0.2) is 18.3 Å². The molecule has 94 valence electrons. The molecule has 17 heavy (non-hydrogen) atoms. The number of thiocarbonyl (C=S) groups is 1. The second kappa shape index (κ2) is 5.42. The summed E-state index contributed by atoms with van der Waals surface area (Å²) in [5.74, 6) is 0. The molecule has 0 aromatic carbocycles. The molecule has 2 N–H and O–H groups in total. The predicted molar refractivity (Wildman–Crippen MR) is 60.4 cm³/mol. The Morgan fingerprint density at radius 1 is 1.59 bits per heavy atom. The summed E-state index contributed by atoms with van der Waals surface area (Å²) in [6.45, 7) is 0.706. The van der Waals surface area contributed by atoms with Gasteiger partial charge in [0.15, 0.2) is 6.10 Å². The van der Waals surface area contributed by atoms with E-state index in [0.29, 0.717) is 5.56 Å². The Morgan fingerprint density at radius 3 is 2.76 bits per heavy atom. The van der Waals surface area contributed by atoms with E-state index in [1.165, 1.54) is 6.20 Å². The van der Waals surface area contributed by atoms with Crippen LogP contribution < -0.4 is 5.73 Å². The molecule has 0 radical (unpaired) electrons. The molecule has 1 atom stereocenters. The number of nitrogens with two attached hydrogens (primary N) is 1. The van der Waals surface area contributed by atoms with Gasteiger partial charge in [-0.05, 0) is 13.0 Å². The van der Waals surface area contributed by atoms with Crippen molar-refractivity contribution >= 4 is 17.2 Å². The minimum absolute atomic E-state index is 0.0314. The molecule has 3 nitrogen and oxygen atoms in total. The van der Waals surface area contributed by atoms with E-state index in [2.05, 4.69) is 4.98 Å². The maximum Gasteiger partial charge on any atom is 0.414 e. The van der Waals surface area contributed by atoms with Crippen LogP contribution in [0.5, 0.6) is 0 Å². The van der Waals surface area contributed by atoms with Gasteiger partial charge in [0.25, 0.3) is 0 Å². The Balaban J connectivity index is 2.73. The van der Waals surface area contributed by atoms with Gasteiger partial charge in [0.1, 0.15) is 10.7 Å². The summed E-state index contributed by atoms with van der Waals surface area (Å²) in [4.78, 5) is 3.92.